The Bertz CT molecular complexity index is 329. The number of hydrogen-bond acceptors (Lipinski definition) is 4. The van der Waals surface area contributed by atoms with Crippen molar-refractivity contribution in [2.75, 3.05) is 0 Å². The van der Waals surface area contributed by atoms with Gasteiger partial charge in [0.15, 0.2) is 0 Å². The molecule has 21 heavy (non-hydrogen) atoms. The van der Waals surface area contributed by atoms with Gasteiger partial charge in [-0.2, -0.15) is 0 Å². The van der Waals surface area contributed by atoms with Crippen molar-refractivity contribution in [1.29, 1.82) is 0 Å². The van der Waals surface area contributed by atoms with Gasteiger partial charge < -0.3 is 8.74 Å². The molecule has 6 heteroatoms. The van der Waals surface area contributed by atoms with E-state index in [0.29, 0.717) is 0 Å². The smallest absolute Gasteiger partial charge is 0.716 e. The fourth-order valence-electron chi connectivity index (χ4n) is 2.10. The summed E-state index contributed by atoms with van der Waals surface area (Å²) in [4.78, 5) is 0. The molecule has 0 rings (SSSR count). The van der Waals surface area contributed by atoms with Crippen LogP contribution < -0.4 is 29.6 Å². The zero-order valence-corrected chi connectivity index (χ0v) is 16.5. The van der Waals surface area contributed by atoms with Gasteiger partial charge in [0, 0.05) is 0 Å². The van der Waals surface area contributed by atoms with Crippen LogP contribution in [0.4, 0.5) is 0 Å². The van der Waals surface area contributed by atoms with Gasteiger partial charge in [0.2, 0.25) is 0 Å². The molecule has 0 aromatic heterocycles. The molecule has 0 amide bonds. The summed E-state index contributed by atoms with van der Waals surface area (Å²) >= 11 is 0. The Hall–Kier alpha value is 0.450. The molecule has 0 N–H and O–H groups in total. The molecular formula is C15H29NaO4S. The van der Waals surface area contributed by atoms with Crippen LogP contribution >= 0.6 is 0 Å². The summed E-state index contributed by atoms with van der Waals surface area (Å²) in [6.45, 7) is 2.24. The Balaban J connectivity index is 0. The van der Waals surface area contributed by atoms with E-state index in [1.54, 1.807) is 6.08 Å². The monoisotopic (exact) mass is 328 g/mol. The number of hydrogen-bond donors (Lipinski definition) is 0. The van der Waals surface area contributed by atoms with Crippen molar-refractivity contribution in [3.8, 4) is 0 Å². The van der Waals surface area contributed by atoms with Crippen molar-refractivity contribution < 1.29 is 46.7 Å². The topological polar surface area (TPSA) is 66.4 Å². The summed E-state index contributed by atoms with van der Waals surface area (Å²) in [6, 6.07) is 0. The third-order valence-corrected chi connectivity index (χ3v) is 3.59. The Morgan fingerprint density at radius 1 is 0.857 bits per heavy atom. The molecule has 4 nitrogen and oxygen atoms in total. The van der Waals surface area contributed by atoms with Crippen LogP contribution in [-0.2, 0) is 14.6 Å². The summed E-state index contributed by atoms with van der Waals surface area (Å²) in [5, 5.41) is 0. The Morgan fingerprint density at radius 3 is 1.71 bits per heavy atom. The van der Waals surface area contributed by atoms with Gasteiger partial charge in [0.05, 0.1) is 0 Å². The van der Waals surface area contributed by atoms with E-state index in [4.69, 9.17) is 0 Å². The minimum atomic E-state index is -4.58. The van der Waals surface area contributed by atoms with Crippen molar-refractivity contribution in [1.82, 2.24) is 0 Å². The van der Waals surface area contributed by atoms with Crippen LogP contribution in [0.15, 0.2) is 12.3 Å². The summed E-state index contributed by atoms with van der Waals surface area (Å²) < 4.78 is 34.3. The van der Waals surface area contributed by atoms with E-state index in [-0.39, 0.29) is 29.6 Å². The molecule has 0 aliphatic heterocycles. The SMILES string of the molecule is CCCCCCCCCCCCC/C=C/OS(=O)(=O)[O-].[Na+]. The van der Waals surface area contributed by atoms with Gasteiger partial charge in [0.25, 0.3) is 10.4 Å². The third kappa shape index (κ3) is 22.9. The van der Waals surface area contributed by atoms with E-state index < -0.39 is 10.4 Å². The van der Waals surface area contributed by atoms with E-state index in [9.17, 15) is 13.0 Å². The quantitative estimate of drug-likeness (QED) is 0.160. The molecular weight excluding hydrogens is 299 g/mol. The maximum atomic E-state index is 10.1. The molecule has 0 atom stereocenters. The first kappa shape index (κ1) is 23.7. The standard InChI is InChI=1S/C15H30O4S.Na/c1-2-3-4-5-6-7-8-9-10-11-12-13-14-15-19-20(16,17)18;/h14-15H,2-13H2,1H3,(H,16,17,18);/q;+1/p-1/b15-14+;. The molecule has 0 saturated heterocycles. The molecule has 120 valence electrons. The normalized spacial score (nSPS) is 11.5. The van der Waals surface area contributed by atoms with E-state index in [1.165, 1.54) is 57.8 Å². The molecule has 0 aromatic carbocycles. The molecule has 0 radical (unpaired) electrons. The second-order valence-corrected chi connectivity index (χ2v) is 6.21. The van der Waals surface area contributed by atoms with Crippen molar-refractivity contribution in [2.45, 2.75) is 84.0 Å². The second-order valence-electron chi connectivity index (χ2n) is 5.20. The van der Waals surface area contributed by atoms with Gasteiger partial charge in [-0.05, 0) is 18.9 Å². The summed E-state index contributed by atoms with van der Waals surface area (Å²) in [7, 11) is -4.58. The average Bonchev–Trinajstić information content (AvgIpc) is 2.38. The Kier molecular flexibility index (Phi) is 19.0. The maximum Gasteiger partial charge on any atom is 1.00 e. The van der Waals surface area contributed by atoms with E-state index in [0.717, 1.165) is 25.5 Å². The molecule has 0 aliphatic carbocycles. The van der Waals surface area contributed by atoms with Gasteiger partial charge in [0.1, 0.15) is 6.26 Å². The Labute approximate surface area is 153 Å². The van der Waals surface area contributed by atoms with Crippen molar-refractivity contribution in [3.63, 3.8) is 0 Å². The first-order valence-electron chi connectivity index (χ1n) is 7.85. The molecule has 0 unspecified atom stereocenters. The van der Waals surface area contributed by atoms with Gasteiger partial charge in [-0.15, -0.1) is 0 Å². The van der Waals surface area contributed by atoms with Gasteiger partial charge in [-0.25, -0.2) is 8.42 Å². The summed E-state index contributed by atoms with van der Waals surface area (Å²) in [6.07, 6.45) is 17.4. The largest absolute Gasteiger partial charge is 1.00 e. The van der Waals surface area contributed by atoms with Crippen molar-refractivity contribution in [3.05, 3.63) is 12.3 Å². The van der Waals surface area contributed by atoms with Crippen LogP contribution in [0.1, 0.15) is 84.0 Å². The van der Waals surface area contributed by atoms with Crippen LogP contribution in [0.25, 0.3) is 0 Å². The molecule has 0 heterocycles. The van der Waals surface area contributed by atoms with E-state index >= 15 is 0 Å². The fraction of sp³-hybridized carbons (Fsp3) is 0.867. The zero-order chi connectivity index (χ0) is 15.1. The first-order chi connectivity index (χ1) is 9.56. The summed E-state index contributed by atoms with van der Waals surface area (Å²) in [5.41, 5.74) is 0. The maximum absolute atomic E-state index is 10.1. The van der Waals surface area contributed by atoms with Crippen molar-refractivity contribution >= 4 is 10.4 Å². The van der Waals surface area contributed by atoms with Crippen LogP contribution in [0.2, 0.25) is 0 Å². The molecule has 0 aromatic rings. The molecule has 0 saturated carbocycles. The van der Waals surface area contributed by atoms with Gasteiger partial charge in [-0.3, -0.25) is 0 Å². The van der Waals surface area contributed by atoms with Crippen LogP contribution in [0.5, 0.6) is 0 Å². The van der Waals surface area contributed by atoms with Crippen LogP contribution in [0, 0.1) is 0 Å². The summed E-state index contributed by atoms with van der Waals surface area (Å²) in [5.74, 6) is 0. The number of unbranched alkanes of at least 4 members (excludes halogenated alkanes) is 11. The number of allylic oxidation sites excluding steroid dienone is 1. The van der Waals surface area contributed by atoms with E-state index in [2.05, 4.69) is 11.1 Å². The molecule has 0 aliphatic rings. The predicted molar refractivity (Wildman–Crippen MR) is 81.0 cm³/mol. The van der Waals surface area contributed by atoms with Crippen LogP contribution in [0.3, 0.4) is 0 Å². The predicted octanol–water partition coefficient (Wildman–Crippen LogP) is 1.68. The minimum absolute atomic E-state index is 0. The zero-order valence-electron chi connectivity index (χ0n) is 13.7. The molecule has 0 spiro atoms. The minimum Gasteiger partial charge on any atom is -0.716 e. The van der Waals surface area contributed by atoms with E-state index in [1.807, 2.05) is 0 Å². The van der Waals surface area contributed by atoms with Gasteiger partial charge >= 0.3 is 29.6 Å². The first-order valence-corrected chi connectivity index (χ1v) is 9.18. The van der Waals surface area contributed by atoms with Crippen molar-refractivity contribution in [2.24, 2.45) is 0 Å². The molecule has 0 fully saturated rings. The molecule has 0 bridgehead atoms. The fourth-order valence-corrected chi connectivity index (χ4v) is 2.32. The second kappa shape index (κ2) is 16.8. The van der Waals surface area contributed by atoms with Gasteiger partial charge in [-0.1, -0.05) is 71.1 Å². The average molecular weight is 328 g/mol. The Morgan fingerprint density at radius 2 is 1.29 bits per heavy atom. The third-order valence-electron chi connectivity index (χ3n) is 3.24. The van der Waals surface area contributed by atoms with Crippen LogP contribution in [-0.4, -0.2) is 13.0 Å². The number of rotatable bonds is 14.